The average Bonchev–Trinajstić information content (AvgIpc) is 3.08. The average molecular weight is 379 g/mol. The quantitative estimate of drug-likeness (QED) is 0.591. The number of thiophene rings is 1. The maximum atomic E-state index is 4.55. The molecule has 1 aromatic carbocycles. The second kappa shape index (κ2) is 6.30. The van der Waals surface area contributed by atoms with Gasteiger partial charge in [0.05, 0.1) is 20.5 Å². The molecule has 0 aliphatic rings. The van der Waals surface area contributed by atoms with Crippen molar-refractivity contribution in [1.82, 2.24) is 4.98 Å². The number of hydrogen-bond acceptors (Lipinski definition) is 4. The summed E-state index contributed by atoms with van der Waals surface area (Å²) in [6.07, 6.45) is 0. The first-order valence-electron chi connectivity index (χ1n) is 6.66. The number of anilines is 1. The van der Waals surface area contributed by atoms with Crippen molar-refractivity contribution in [1.29, 1.82) is 0 Å². The van der Waals surface area contributed by atoms with Crippen LogP contribution in [0.1, 0.15) is 22.9 Å². The number of rotatable bonds is 4. The summed E-state index contributed by atoms with van der Waals surface area (Å²) in [6, 6.07) is 13.0. The highest BCUT2D eigenvalue weighted by molar-refractivity contribution is 9.11. The molecule has 2 heterocycles. The number of halogens is 1. The van der Waals surface area contributed by atoms with E-state index in [-0.39, 0.29) is 6.04 Å². The van der Waals surface area contributed by atoms with Crippen molar-refractivity contribution in [3.8, 4) is 11.3 Å². The molecule has 0 saturated heterocycles. The Bertz CT molecular complexity index is 748. The molecule has 108 valence electrons. The molecule has 0 fully saturated rings. The third kappa shape index (κ3) is 3.54. The molecule has 0 bridgehead atoms. The summed E-state index contributed by atoms with van der Waals surface area (Å²) in [5.74, 6) is 0. The van der Waals surface area contributed by atoms with E-state index in [1.165, 1.54) is 4.88 Å². The van der Waals surface area contributed by atoms with Crippen LogP contribution in [-0.4, -0.2) is 4.98 Å². The van der Waals surface area contributed by atoms with E-state index in [4.69, 9.17) is 0 Å². The van der Waals surface area contributed by atoms with Crippen molar-refractivity contribution >= 4 is 44.3 Å². The van der Waals surface area contributed by atoms with E-state index in [0.717, 1.165) is 25.7 Å². The highest BCUT2D eigenvalue weighted by Crippen LogP contribution is 2.30. The Balaban J connectivity index is 1.80. The van der Waals surface area contributed by atoms with E-state index in [1.54, 1.807) is 22.7 Å². The summed E-state index contributed by atoms with van der Waals surface area (Å²) >= 11 is 6.96. The van der Waals surface area contributed by atoms with Crippen LogP contribution in [-0.2, 0) is 0 Å². The van der Waals surface area contributed by atoms with Crippen LogP contribution >= 0.6 is 38.6 Å². The molecule has 2 nitrogen and oxygen atoms in total. The fourth-order valence-electron chi connectivity index (χ4n) is 2.15. The fraction of sp³-hybridized carbons (Fsp3) is 0.188. The molecule has 0 spiro atoms. The summed E-state index contributed by atoms with van der Waals surface area (Å²) in [5, 5.41) is 6.76. The van der Waals surface area contributed by atoms with Gasteiger partial charge in [-0.15, -0.1) is 22.7 Å². The smallest absolute Gasteiger partial charge is 0.0901 e. The number of thiazole rings is 1. The third-order valence-electron chi connectivity index (χ3n) is 3.18. The van der Waals surface area contributed by atoms with Crippen molar-refractivity contribution in [3.63, 3.8) is 0 Å². The molecule has 2 aromatic heterocycles. The zero-order valence-electron chi connectivity index (χ0n) is 11.8. The highest BCUT2D eigenvalue weighted by Gasteiger charge is 2.09. The number of nitrogens with one attached hydrogen (secondary N) is 1. The largest absolute Gasteiger partial charge is 0.378 e. The topological polar surface area (TPSA) is 24.9 Å². The molecule has 0 saturated carbocycles. The predicted molar refractivity (Wildman–Crippen MR) is 96.3 cm³/mol. The van der Waals surface area contributed by atoms with Crippen molar-refractivity contribution in [3.05, 3.63) is 55.4 Å². The molecule has 3 rings (SSSR count). The Hall–Kier alpha value is -1.17. The Morgan fingerprint density at radius 3 is 2.76 bits per heavy atom. The van der Waals surface area contributed by atoms with Gasteiger partial charge >= 0.3 is 0 Å². The molecule has 1 unspecified atom stereocenters. The Morgan fingerprint density at radius 2 is 2.10 bits per heavy atom. The first-order chi connectivity index (χ1) is 10.1. The van der Waals surface area contributed by atoms with Gasteiger partial charge in [0.2, 0.25) is 0 Å². The zero-order valence-corrected chi connectivity index (χ0v) is 15.0. The van der Waals surface area contributed by atoms with E-state index in [9.17, 15) is 0 Å². The lowest BCUT2D eigenvalue weighted by molar-refractivity contribution is 0.908. The molecule has 1 atom stereocenters. The van der Waals surface area contributed by atoms with Gasteiger partial charge in [-0.1, -0.05) is 12.1 Å². The standard InChI is InChI=1S/C16H15BrN2S2/c1-10(15-6-7-16(17)21-15)18-13-5-3-4-12(8-13)14-9-20-11(2)19-14/h3-10,18H,1-2H3. The van der Waals surface area contributed by atoms with Crippen LogP contribution in [0.15, 0.2) is 45.6 Å². The van der Waals surface area contributed by atoms with Gasteiger partial charge in [0.25, 0.3) is 0 Å². The molecule has 3 aromatic rings. The van der Waals surface area contributed by atoms with Crippen molar-refractivity contribution < 1.29 is 0 Å². The highest BCUT2D eigenvalue weighted by atomic mass is 79.9. The van der Waals surface area contributed by atoms with Crippen molar-refractivity contribution in [2.45, 2.75) is 19.9 Å². The molecule has 0 aliphatic carbocycles. The Labute approximate surface area is 141 Å². The minimum atomic E-state index is 0.286. The molecule has 0 aliphatic heterocycles. The monoisotopic (exact) mass is 378 g/mol. The van der Waals surface area contributed by atoms with Gasteiger partial charge in [-0.05, 0) is 54.0 Å². The minimum Gasteiger partial charge on any atom is -0.378 e. The maximum Gasteiger partial charge on any atom is 0.0901 e. The van der Waals surface area contributed by atoms with E-state index in [1.807, 2.05) is 6.92 Å². The molecular weight excluding hydrogens is 364 g/mol. The molecule has 0 amide bonds. The first-order valence-corrected chi connectivity index (χ1v) is 9.15. The Morgan fingerprint density at radius 1 is 1.24 bits per heavy atom. The van der Waals surface area contributed by atoms with Crippen molar-refractivity contribution in [2.24, 2.45) is 0 Å². The number of benzene rings is 1. The van der Waals surface area contributed by atoms with Gasteiger partial charge in [-0.2, -0.15) is 0 Å². The number of nitrogens with zero attached hydrogens (tertiary/aromatic N) is 1. The lowest BCUT2D eigenvalue weighted by Crippen LogP contribution is -2.04. The van der Waals surface area contributed by atoms with Gasteiger partial charge in [-0.3, -0.25) is 0 Å². The SMILES string of the molecule is Cc1nc(-c2cccc(NC(C)c3ccc(Br)s3)c2)cs1. The third-order valence-corrected chi connectivity index (χ3v) is 5.76. The van der Waals surface area contributed by atoms with Gasteiger partial charge < -0.3 is 5.32 Å². The number of aryl methyl sites for hydroxylation is 1. The molecule has 5 heteroatoms. The summed E-state index contributed by atoms with van der Waals surface area (Å²) in [6.45, 7) is 4.21. The van der Waals surface area contributed by atoms with E-state index < -0.39 is 0 Å². The summed E-state index contributed by atoms with van der Waals surface area (Å²) in [4.78, 5) is 5.87. The molecule has 1 N–H and O–H groups in total. The number of aromatic nitrogens is 1. The molecule has 0 radical (unpaired) electrons. The van der Waals surface area contributed by atoms with Gasteiger partial charge in [0.1, 0.15) is 0 Å². The van der Waals surface area contributed by atoms with Crippen LogP contribution < -0.4 is 5.32 Å². The van der Waals surface area contributed by atoms with Crippen LogP contribution in [0, 0.1) is 6.92 Å². The summed E-state index contributed by atoms with van der Waals surface area (Å²) < 4.78 is 1.16. The van der Waals surface area contributed by atoms with Crippen LogP contribution in [0.5, 0.6) is 0 Å². The zero-order chi connectivity index (χ0) is 14.8. The van der Waals surface area contributed by atoms with Crippen LogP contribution in [0.2, 0.25) is 0 Å². The van der Waals surface area contributed by atoms with Crippen LogP contribution in [0.4, 0.5) is 5.69 Å². The number of hydrogen-bond donors (Lipinski definition) is 1. The minimum absolute atomic E-state index is 0.286. The lowest BCUT2D eigenvalue weighted by Gasteiger charge is -2.14. The van der Waals surface area contributed by atoms with Crippen LogP contribution in [0.3, 0.4) is 0 Å². The van der Waals surface area contributed by atoms with Crippen molar-refractivity contribution in [2.75, 3.05) is 5.32 Å². The lowest BCUT2D eigenvalue weighted by atomic mass is 10.1. The fourth-order valence-corrected chi connectivity index (χ4v) is 4.19. The van der Waals surface area contributed by atoms with Gasteiger partial charge in [0.15, 0.2) is 0 Å². The summed E-state index contributed by atoms with van der Waals surface area (Å²) in [5.41, 5.74) is 3.33. The van der Waals surface area contributed by atoms with E-state index in [0.29, 0.717) is 0 Å². The Kier molecular flexibility index (Phi) is 4.42. The summed E-state index contributed by atoms with van der Waals surface area (Å²) in [7, 11) is 0. The van der Waals surface area contributed by atoms with Gasteiger partial charge in [-0.25, -0.2) is 4.98 Å². The second-order valence-electron chi connectivity index (χ2n) is 4.84. The first kappa shape index (κ1) is 14.8. The molecule has 21 heavy (non-hydrogen) atoms. The normalized spacial score (nSPS) is 12.3. The molecular formula is C16H15BrN2S2. The maximum absolute atomic E-state index is 4.55. The van der Waals surface area contributed by atoms with E-state index in [2.05, 4.69) is 74.9 Å². The van der Waals surface area contributed by atoms with Crippen LogP contribution in [0.25, 0.3) is 11.3 Å². The second-order valence-corrected chi connectivity index (χ2v) is 8.40. The predicted octanol–water partition coefficient (Wildman–Crippen LogP) is 6.12. The van der Waals surface area contributed by atoms with E-state index >= 15 is 0 Å². The van der Waals surface area contributed by atoms with Gasteiger partial charge in [0, 0.05) is 21.5 Å².